The number of aryl methyl sites for hydroxylation is 3. The minimum atomic E-state index is -3.95. The molecule has 10 nitrogen and oxygen atoms in total. The van der Waals surface area contributed by atoms with Crippen LogP contribution >= 0.6 is 0 Å². The Kier molecular flexibility index (Phi) is 9.18. The zero-order valence-corrected chi connectivity index (χ0v) is 24.4. The number of hydrogen-bond acceptors (Lipinski definition) is 6. The number of nitrogens with zero attached hydrogens (tertiary/aromatic N) is 3. The molecule has 2 aromatic carbocycles. The topological polar surface area (TPSA) is 135 Å². The zero-order valence-electron chi connectivity index (χ0n) is 23.6. The molecule has 0 saturated heterocycles. The Labute approximate surface area is 240 Å². The van der Waals surface area contributed by atoms with Gasteiger partial charge < -0.3 is 10.6 Å². The van der Waals surface area contributed by atoms with Crippen LogP contribution in [-0.2, 0) is 21.2 Å². The maximum Gasteiger partial charge on any atom is 0.328 e. The maximum atomic E-state index is 12.4. The van der Waals surface area contributed by atoms with Crippen molar-refractivity contribution >= 4 is 39.2 Å². The third-order valence-corrected chi connectivity index (χ3v) is 7.69. The second-order valence-electron chi connectivity index (χ2n) is 9.77. The smallest absolute Gasteiger partial charge is 0.328 e. The number of amides is 3. The molecule has 4 rings (SSSR count). The highest BCUT2D eigenvalue weighted by Gasteiger charge is 2.17. The lowest BCUT2D eigenvalue weighted by Crippen LogP contribution is -2.40. The first-order valence-electron chi connectivity index (χ1n) is 13.4. The minimum Gasteiger partial charge on any atom is -0.353 e. The molecule has 0 bridgehead atoms. The molecular formula is C30H34N6O4S. The average Bonchev–Trinajstić information content (AvgIpc) is 3.29. The van der Waals surface area contributed by atoms with E-state index in [-0.39, 0.29) is 17.3 Å². The van der Waals surface area contributed by atoms with Gasteiger partial charge in [0.2, 0.25) is 5.91 Å². The summed E-state index contributed by atoms with van der Waals surface area (Å²) in [7, 11) is -3.95. The summed E-state index contributed by atoms with van der Waals surface area (Å²) >= 11 is 0. The van der Waals surface area contributed by atoms with E-state index in [0.717, 1.165) is 40.0 Å². The summed E-state index contributed by atoms with van der Waals surface area (Å²) in [5.41, 5.74) is 5.97. The van der Waals surface area contributed by atoms with Gasteiger partial charge in [-0.2, -0.15) is 0 Å². The van der Waals surface area contributed by atoms with Crippen molar-refractivity contribution in [1.29, 1.82) is 0 Å². The van der Waals surface area contributed by atoms with Gasteiger partial charge in [0.1, 0.15) is 11.3 Å². The van der Waals surface area contributed by atoms with Gasteiger partial charge in [-0.3, -0.25) is 9.36 Å². The number of pyridine rings is 1. The quantitative estimate of drug-likeness (QED) is 0.244. The van der Waals surface area contributed by atoms with Gasteiger partial charge in [-0.15, -0.1) is 0 Å². The van der Waals surface area contributed by atoms with Crippen molar-refractivity contribution in [2.24, 2.45) is 0 Å². The van der Waals surface area contributed by atoms with E-state index in [1.54, 1.807) is 18.2 Å². The summed E-state index contributed by atoms with van der Waals surface area (Å²) in [6.07, 6.45) is 4.49. The van der Waals surface area contributed by atoms with Crippen LogP contribution in [0.4, 0.5) is 4.79 Å². The largest absolute Gasteiger partial charge is 0.353 e. The van der Waals surface area contributed by atoms with Crippen molar-refractivity contribution in [3.05, 3.63) is 88.9 Å². The van der Waals surface area contributed by atoms with Crippen LogP contribution in [0.2, 0.25) is 0 Å². The van der Waals surface area contributed by atoms with Gasteiger partial charge in [0, 0.05) is 30.5 Å². The molecule has 0 aliphatic carbocycles. The minimum absolute atomic E-state index is 0.0246. The first-order valence-corrected chi connectivity index (χ1v) is 14.8. The Hall–Kier alpha value is -4.51. The predicted molar refractivity (Wildman–Crippen MR) is 159 cm³/mol. The molecular weight excluding hydrogens is 540 g/mol. The summed E-state index contributed by atoms with van der Waals surface area (Å²) in [5.74, 6) is 0.388. The third-order valence-electron chi connectivity index (χ3n) is 6.35. The van der Waals surface area contributed by atoms with Crippen molar-refractivity contribution in [1.82, 2.24) is 29.9 Å². The lowest BCUT2D eigenvalue weighted by Gasteiger charge is -2.10. The Bertz CT molecular complexity index is 1690. The number of carbonyl (C=O) groups excluding carboxylic acids is 2. The Morgan fingerprint density at radius 2 is 1.63 bits per heavy atom. The number of aromatic nitrogens is 3. The Morgan fingerprint density at radius 1 is 0.927 bits per heavy atom. The fourth-order valence-electron chi connectivity index (χ4n) is 4.27. The van der Waals surface area contributed by atoms with Crippen LogP contribution in [0.25, 0.3) is 22.9 Å². The molecule has 3 N–H and O–H groups in total. The van der Waals surface area contributed by atoms with Crippen LogP contribution in [0.15, 0.2) is 65.6 Å². The standard InChI is InChI=1S/C30H34N6O4S/c1-5-17-31-27(37)15-14-26-34-28-21(3)19-22(4)33-29(28)36(26)24-10-8-23(9-11-24)16-18-32-30(38)35-41(39,40)25-12-6-20(2)7-13-25/h6-15,19H,5,16-18H2,1-4H3,(H,31,37)(H2,32,35,38). The fraction of sp³-hybridized carbons (Fsp3) is 0.267. The molecule has 214 valence electrons. The number of nitrogens with one attached hydrogen (secondary N) is 3. The molecule has 0 atom stereocenters. The molecule has 41 heavy (non-hydrogen) atoms. The highest BCUT2D eigenvalue weighted by atomic mass is 32.2. The highest BCUT2D eigenvalue weighted by molar-refractivity contribution is 7.90. The molecule has 11 heteroatoms. The first-order chi connectivity index (χ1) is 19.6. The van der Waals surface area contributed by atoms with Crippen molar-refractivity contribution in [3.8, 4) is 5.69 Å². The molecule has 0 unspecified atom stereocenters. The van der Waals surface area contributed by atoms with Crippen molar-refractivity contribution in [2.75, 3.05) is 13.1 Å². The van der Waals surface area contributed by atoms with Gasteiger partial charge in [0.25, 0.3) is 10.0 Å². The molecule has 0 fully saturated rings. The van der Waals surface area contributed by atoms with Gasteiger partial charge in [0.15, 0.2) is 5.65 Å². The van der Waals surface area contributed by atoms with E-state index in [1.807, 2.05) is 67.3 Å². The lowest BCUT2D eigenvalue weighted by atomic mass is 10.1. The van der Waals surface area contributed by atoms with Crippen LogP contribution in [0.3, 0.4) is 0 Å². The first kappa shape index (κ1) is 29.5. The second kappa shape index (κ2) is 12.8. The van der Waals surface area contributed by atoms with E-state index in [0.29, 0.717) is 24.4 Å². The number of sulfonamides is 1. The van der Waals surface area contributed by atoms with E-state index in [9.17, 15) is 18.0 Å². The summed E-state index contributed by atoms with van der Waals surface area (Å²) in [6.45, 7) is 8.59. The van der Waals surface area contributed by atoms with Gasteiger partial charge in [-0.25, -0.2) is 27.9 Å². The number of carbonyl (C=O) groups is 2. The van der Waals surface area contributed by atoms with Crippen LogP contribution in [-0.4, -0.2) is 48.0 Å². The summed E-state index contributed by atoms with van der Waals surface area (Å²) < 4.78 is 28.8. The van der Waals surface area contributed by atoms with Crippen molar-refractivity contribution in [3.63, 3.8) is 0 Å². The maximum absolute atomic E-state index is 12.4. The van der Waals surface area contributed by atoms with Gasteiger partial charge in [-0.1, -0.05) is 36.8 Å². The molecule has 0 aliphatic heterocycles. The molecule has 0 saturated carbocycles. The Balaban J connectivity index is 1.46. The van der Waals surface area contributed by atoms with Crippen molar-refractivity contribution in [2.45, 2.75) is 45.4 Å². The number of hydrogen-bond donors (Lipinski definition) is 3. The normalized spacial score (nSPS) is 11.6. The molecule has 3 amide bonds. The monoisotopic (exact) mass is 574 g/mol. The van der Waals surface area contributed by atoms with E-state index in [2.05, 4.69) is 10.6 Å². The number of imidazole rings is 1. The van der Waals surface area contributed by atoms with E-state index in [4.69, 9.17) is 9.97 Å². The lowest BCUT2D eigenvalue weighted by molar-refractivity contribution is -0.116. The van der Waals surface area contributed by atoms with Gasteiger partial charge >= 0.3 is 6.03 Å². The number of rotatable bonds is 10. The predicted octanol–water partition coefficient (Wildman–Crippen LogP) is 4.12. The molecule has 2 aromatic heterocycles. The third kappa shape index (κ3) is 7.37. The van der Waals surface area contributed by atoms with Crippen LogP contribution in [0, 0.1) is 20.8 Å². The van der Waals surface area contributed by atoms with Crippen LogP contribution in [0.5, 0.6) is 0 Å². The van der Waals surface area contributed by atoms with Gasteiger partial charge in [0.05, 0.1) is 4.90 Å². The summed E-state index contributed by atoms with van der Waals surface area (Å²) in [6, 6.07) is 15.1. The SMILES string of the molecule is CCCNC(=O)C=Cc1nc2c(C)cc(C)nc2n1-c1ccc(CCNC(=O)NS(=O)(=O)c2ccc(C)cc2)cc1. The average molecular weight is 575 g/mol. The summed E-state index contributed by atoms with van der Waals surface area (Å²) in [5, 5.41) is 5.42. The second-order valence-corrected chi connectivity index (χ2v) is 11.5. The van der Waals surface area contributed by atoms with E-state index < -0.39 is 16.1 Å². The van der Waals surface area contributed by atoms with Crippen molar-refractivity contribution < 1.29 is 18.0 Å². The number of benzene rings is 2. The Morgan fingerprint density at radius 3 is 2.32 bits per heavy atom. The summed E-state index contributed by atoms with van der Waals surface area (Å²) in [4.78, 5) is 33.9. The number of fused-ring (bicyclic) bond motifs is 1. The molecule has 4 aromatic rings. The molecule has 0 aliphatic rings. The molecule has 0 spiro atoms. The van der Waals surface area contributed by atoms with Crippen LogP contribution < -0.4 is 15.4 Å². The van der Waals surface area contributed by atoms with E-state index in [1.165, 1.54) is 18.2 Å². The van der Waals surface area contributed by atoms with Crippen LogP contribution in [0.1, 0.15) is 41.6 Å². The van der Waals surface area contributed by atoms with E-state index >= 15 is 0 Å². The van der Waals surface area contributed by atoms with Gasteiger partial charge in [-0.05, 0) is 81.1 Å². The fourth-order valence-corrected chi connectivity index (χ4v) is 5.20. The molecule has 0 radical (unpaired) electrons. The highest BCUT2D eigenvalue weighted by Crippen LogP contribution is 2.24. The number of urea groups is 1. The molecule has 2 heterocycles. The zero-order chi connectivity index (χ0) is 29.6.